The predicted molar refractivity (Wildman–Crippen MR) is 88.7 cm³/mol. The van der Waals surface area contributed by atoms with Crippen LogP contribution in [0.2, 0.25) is 0 Å². The first-order chi connectivity index (χ1) is 11.0. The van der Waals surface area contributed by atoms with Gasteiger partial charge in [-0.05, 0) is 37.1 Å². The molecule has 5 nitrogen and oxygen atoms in total. The summed E-state index contributed by atoms with van der Waals surface area (Å²) in [6.45, 7) is 0.282. The van der Waals surface area contributed by atoms with Crippen molar-refractivity contribution in [3.8, 4) is 0 Å². The number of anilines is 1. The molecule has 132 valence electrons. The molecule has 2 amide bonds. The summed E-state index contributed by atoms with van der Waals surface area (Å²) >= 11 is 0. The van der Waals surface area contributed by atoms with Gasteiger partial charge in [0.1, 0.15) is 6.04 Å². The van der Waals surface area contributed by atoms with Crippen molar-refractivity contribution in [2.45, 2.75) is 37.1 Å². The van der Waals surface area contributed by atoms with Crippen LogP contribution < -0.4 is 16.0 Å². The van der Waals surface area contributed by atoms with E-state index in [0.717, 1.165) is 0 Å². The maximum atomic E-state index is 14.0. The van der Waals surface area contributed by atoms with Gasteiger partial charge in [0, 0.05) is 12.1 Å². The molecule has 0 bridgehead atoms. The van der Waals surface area contributed by atoms with Gasteiger partial charge in [0.05, 0.1) is 12.5 Å². The highest BCUT2D eigenvalue weighted by molar-refractivity contribution is 6.01. The zero-order chi connectivity index (χ0) is 16.4. The van der Waals surface area contributed by atoms with E-state index in [1.165, 1.54) is 0 Å². The highest BCUT2D eigenvalue weighted by atomic mass is 35.5. The summed E-state index contributed by atoms with van der Waals surface area (Å²) in [5, 5.41) is 8.03. The summed E-state index contributed by atoms with van der Waals surface area (Å²) < 4.78 is 27.9. The van der Waals surface area contributed by atoms with Gasteiger partial charge in [-0.25, -0.2) is 8.78 Å². The summed E-state index contributed by atoms with van der Waals surface area (Å²) in [6.07, 6.45) is 1.12. The quantitative estimate of drug-likeness (QED) is 0.722. The van der Waals surface area contributed by atoms with E-state index in [0.29, 0.717) is 37.1 Å². The number of rotatable bonds is 3. The Balaban J connectivity index is 0.00000208. The van der Waals surface area contributed by atoms with Crippen molar-refractivity contribution in [2.24, 2.45) is 0 Å². The highest BCUT2D eigenvalue weighted by Gasteiger charge is 2.42. The molecule has 2 unspecified atom stereocenters. The summed E-state index contributed by atoms with van der Waals surface area (Å²) in [7, 11) is 0. The van der Waals surface area contributed by atoms with Crippen molar-refractivity contribution < 1.29 is 18.4 Å². The standard InChI is InChI=1S/C16H19F2N3O2.ClH/c17-16(18)9-19-8-7-12(16)10-1-3-11(4-2-10)20-13-5-6-14(22)21-15(13)23;/h1-4,12-13,19-20H,5-9H2,(H,21,22,23);1H. The van der Waals surface area contributed by atoms with Gasteiger partial charge in [0.25, 0.3) is 5.92 Å². The molecule has 2 aliphatic rings. The Morgan fingerprint density at radius 3 is 2.46 bits per heavy atom. The number of amides is 2. The van der Waals surface area contributed by atoms with Crippen LogP contribution in [-0.4, -0.2) is 36.9 Å². The number of hydrogen-bond acceptors (Lipinski definition) is 4. The van der Waals surface area contributed by atoms with Crippen molar-refractivity contribution in [3.05, 3.63) is 29.8 Å². The van der Waals surface area contributed by atoms with Crippen LogP contribution in [0.3, 0.4) is 0 Å². The lowest BCUT2D eigenvalue weighted by atomic mass is 9.87. The van der Waals surface area contributed by atoms with E-state index < -0.39 is 17.9 Å². The Hall–Kier alpha value is -1.73. The molecule has 1 aromatic carbocycles. The second-order valence-electron chi connectivity index (χ2n) is 6.05. The molecular formula is C16H20ClF2N3O2. The van der Waals surface area contributed by atoms with Crippen molar-refractivity contribution in [1.29, 1.82) is 0 Å². The average molecular weight is 360 g/mol. The van der Waals surface area contributed by atoms with Gasteiger partial charge in [-0.15, -0.1) is 12.4 Å². The number of alkyl halides is 2. The molecule has 0 saturated carbocycles. The largest absolute Gasteiger partial charge is 0.374 e. The van der Waals surface area contributed by atoms with E-state index in [4.69, 9.17) is 0 Å². The topological polar surface area (TPSA) is 70.2 Å². The molecule has 24 heavy (non-hydrogen) atoms. The van der Waals surface area contributed by atoms with Crippen LogP contribution in [0.15, 0.2) is 24.3 Å². The summed E-state index contributed by atoms with van der Waals surface area (Å²) in [4.78, 5) is 22.8. The number of hydrogen-bond donors (Lipinski definition) is 3. The van der Waals surface area contributed by atoms with Gasteiger partial charge in [0.15, 0.2) is 0 Å². The minimum absolute atomic E-state index is 0. The maximum Gasteiger partial charge on any atom is 0.267 e. The Labute approximate surface area is 145 Å². The minimum Gasteiger partial charge on any atom is -0.374 e. The Kier molecular flexibility index (Phi) is 5.77. The van der Waals surface area contributed by atoms with E-state index in [2.05, 4.69) is 16.0 Å². The SMILES string of the molecule is Cl.O=C1CCC(Nc2ccc(C3CCNCC3(F)F)cc2)C(=O)N1. The third kappa shape index (κ3) is 4.02. The maximum absolute atomic E-state index is 14.0. The molecule has 1 aromatic rings. The van der Waals surface area contributed by atoms with E-state index in [-0.39, 0.29) is 30.8 Å². The van der Waals surface area contributed by atoms with Crippen molar-refractivity contribution in [3.63, 3.8) is 0 Å². The molecule has 0 aliphatic carbocycles. The van der Waals surface area contributed by atoms with E-state index in [9.17, 15) is 18.4 Å². The molecule has 8 heteroatoms. The Morgan fingerprint density at radius 2 is 1.83 bits per heavy atom. The van der Waals surface area contributed by atoms with Crippen LogP contribution in [0.4, 0.5) is 14.5 Å². The molecule has 0 spiro atoms. The summed E-state index contributed by atoms with van der Waals surface area (Å²) in [5.74, 6) is -4.16. The fourth-order valence-electron chi connectivity index (χ4n) is 3.09. The molecule has 0 radical (unpaired) electrons. The second-order valence-corrected chi connectivity index (χ2v) is 6.05. The molecule has 2 aliphatic heterocycles. The van der Waals surface area contributed by atoms with E-state index in [1.54, 1.807) is 24.3 Å². The molecule has 2 atom stereocenters. The number of nitrogens with one attached hydrogen (secondary N) is 3. The number of piperidine rings is 2. The second kappa shape index (κ2) is 7.44. The van der Waals surface area contributed by atoms with Gasteiger partial charge >= 0.3 is 0 Å². The summed E-state index contributed by atoms with van der Waals surface area (Å²) in [5.41, 5.74) is 1.28. The van der Waals surface area contributed by atoms with E-state index >= 15 is 0 Å². The Morgan fingerprint density at radius 1 is 1.12 bits per heavy atom. The molecular weight excluding hydrogens is 340 g/mol. The highest BCUT2D eigenvalue weighted by Crippen LogP contribution is 2.38. The molecule has 2 heterocycles. The van der Waals surface area contributed by atoms with Crippen LogP contribution in [0, 0.1) is 0 Å². The van der Waals surface area contributed by atoms with Crippen molar-refractivity contribution >= 4 is 29.9 Å². The monoisotopic (exact) mass is 359 g/mol. The number of carbonyl (C=O) groups excluding carboxylic acids is 2. The van der Waals surface area contributed by atoms with Crippen LogP contribution in [0.1, 0.15) is 30.7 Å². The predicted octanol–water partition coefficient (Wildman–Crippen LogP) is 2.04. The number of imide groups is 1. The third-order valence-electron chi connectivity index (χ3n) is 4.37. The first-order valence-electron chi connectivity index (χ1n) is 7.74. The first kappa shape index (κ1) is 18.6. The van der Waals surface area contributed by atoms with Gasteiger partial charge in [-0.3, -0.25) is 14.9 Å². The van der Waals surface area contributed by atoms with Crippen LogP contribution in [0.5, 0.6) is 0 Å². The first-order valence-corrected chi connectivity index (χ1v) is 7.74. The van der Waals surface area contributed by atoms with E-state index in [1.807, 2.05) is 0 Å². The lowest BCUT2D eigenvalue weighted by molar-refractivity contribution is -0.133. The van der Waals surface area contributed by atoms with Crippen LogP contribution >= 0.6 is 12.4 Å². The zero-order valence-corrected chi connectivity index (χ0v) is 13.8. The smallest absolute Gasteiger partial charge is 0.267 e. The number of carbonyl (C=O) groups is 2. The molecule has 3 rings (SSSR count). The Bertz CT molecular complexity index is 610. The van der Waals surface area contributed by atoms with Gasteiger partial charge in [-0.1, -0.05) is 12.1 Å². The lowest BCUT2D eigenvalue weighted by Crippen LogP contribution is -2.47. The number of halogens is 3. The molecule has 2 fully saturated rings. The fraction of sp³-hybridized carbons (Fsp3) is 0.500. The van der Waals surface area contributed by atoms with Gasteiger partial charge in [0.2, 0.25) is 11.8 Å². The average Bonchev–Trinajstić information content (AvgIpc) is 2.51. The lowest BCUT2D eigenvalue weighted by Gasteiger charge is -2.32. The van der Waals surface area contributed by atoms with Gasteiger partial charge in [-0.2, -0.15) is 0 Å². The van der Waals surface area contributed by atoms with Gasteiger partial charge < -0.3 is 10.6 Å². The summed E-state index contributed by atoms with van der Waals surface area (Å²) in [6, 6.07) is 6.30. The van der Waals surface area contributed by atoms with Crippen LogP contribution in [0.25, 0.3) is 0 Å². The minimum atomic E-state index is -2.75. The third-order valence-corrected chi connectivity index (χ3v) is 4.37. The molecule has 2 saturated heterocycles. The molecule has 0 aromatic heterocycles. The normalized spacial score (nSPS) is 26.2. The fourth-order valence-corrected chi connectivity index (χ4v) is 3.09. The van der Waals surface area contributed by atoms with Crippen LogP contribution in [-0.2, 0) is 9.59 Å². The van der Waals surface area contributed by atoms with Crippen molar-refractivity contribution in [2.75, 3.05) is 18.4 Å². The zero-order valence-electron chi connectivity index (χ0n) is 13.0. The molecule has 3 N–H and O–H groups in total. The van der Waals surface area contributed by atoms with Crippen molar-refractivity contribution in [1.82, 2.24) is 10.6 Å². The number of benzene rings is 1.